The Morgan fingerprint density at radius 3 is 3.05 bits per heavy atom. The number of amides is 2. The zero-order valence-electron chi connectivity index (χ0n) is 12.8. The highest BCUT2D eigenvalue weighted by molar-refractivity contribution is 5.91. The van der Waals surface area contributed by atoms with Crippen molar-refractivity contribution >= 4 is 11.7 Å². The number of carbonyl (C=O) groups excluding carboxylic acids is 1. The average Bonchev–Trinajstić information content (AvgIpc) is 2.50. The lowest BCUT2D eigenvalue weighted by atomic mass is 9.99. The van der Waals surface area contributed by atoms with Gasteiger partial charge in [0.25, 0.3) is 0 Å². The number of rotatable bonds is 4. The van der Waals surface area contributed by atoms with Gasteiger partial charge in [-0.3, -0.25) is 0 Å². The quantitative estimate of drug-likeness (QED) is 0.896. The van der Waals surface area contributed by atoms with Gasteiger partial charge in [-0.15, -0.1) is 0 Å². The number of likely N-dealkylation sites (tertiary alicyclic amines) is 1. The smallest absolute Gasteiger partial charge is 0.321 e. The van der Waals surface area contributed by atoms with Crippen molar-refractivity contribution in [3.63, 3.8) is 0 Å². The second-order valence-electron chi connectivity index (χ2n) is 5.50. The summed E-state index contributed by atoms with van der Waals surface area (Å²) in [7, 11) is 0. The first-order valence-electron chi connectivity index (χ1n) is 7.54. The number of benzene rings is 1. The van der Waals surface area contributed by atoms with E-state index < -0.39 is 0 Å². The Balaban J connectivity index is 2.05. The van der Waals surface area contributed by atoms with E-state index in [1.165, 1.54) is 0 Å². The summed E-state index contributed by atoms with van der Waals surface area (Å²) in [5.41, 5.74) is 1.79. The standard InChI is InChI=1S/C16H24N2O3/c1-3-21-15-9-12(2)6-7-14(15)17-16(20)18-8-4-5-13(10-18)11-19/h6-7,9,13,19H,3-5,8,10-11H2,1-2H3,(H,17,20). The van der Waals surface area contributed by atoms with Crippen LogP contribution in [0.2, 0.25) is 0 Å². The van der Waals surface area contributed by atoms with Crippen LogP contribution in [0.15, 0.2) is 18.2 Å². The van der Waals surface area contributed by atoms with Crippen molar-refractivity contribution in [1.82, 2.24) is 4.90 Å². The Labute approximate surface area is 125 Å². The van der Waals surface area contributed by atoms with Gasteiger partial charge in [-0.25, -0.2) is 4.79 Å². The van der Waals surface area contributed by atoms with E-state index in [4.69, 9.17) is 4.74 Å². The molecule has 0 saturated carbocycles. The molecule has 1 atom stereocenters. The van der Waals surface area contributed by atoms with Crippen LogP contribution < -0.4 is 10.1 Å². The van der Waals surface area contributed by atoms with Gasteiger partial charge >= 0.3 is 6.03 Å². The fourth-order valence-electron chi connectivity index (χ4n) is 2.60. The van der Waals surface area contributed by atoms with Crippen molar-refractivity contribution in [2.24, 2.45) is 5.92 Å². The third-order valence-electron chi connectivity index (χ3n) is 3.74. The van der Waals surface area contributed by atoms with Crippen LogP contribution in [0.25, 0.3) is 0 Å². The molecule has 1 saturated heterocycles. The highest BCUT2D eigenvalue weighted by Crippen LogP contribution is 2.26. The van der Waals surface area contributed by atoms with Crippen molar-refractivity contribution < 1.29 is 14.6 Å². The van der Waals surface area contributed by atoms with Crippen LogP contribution >= 0.6 is 0 Å². The van der Waals surface area contributed by atoms with Crippen LogP contribution in [0.4, 0.5) is 10.5 Å². The predicted octanol–water partition coefficient (Wildman–Crippen LogP) is 2.63. The monoisotopic (exact) mass is 292 g/mol. The molecule has 2 amide bonds. The van der Waals surface area contributed by atoms with Gasteiger partial charge in [0, 0.05) is 19.7 Å². The first kappa shape index (κ1) is 15.6. The molecule has 2 N–H and O–H groups in total. The third kappa shape index (κ3) is 4.11. The zero-order chi connectivity index (χ0) is 15.2. The summed E-state index contributed by atoms with van der Waals surface area (Å²) >= 11 is 0. The Morgan fingerprint density at radius 1 is 1.52 bits per heavy atom. The lowest BCUT2D eigenvalue weighted by molar-refractivity contribution is 0.136. The fourth-order valence-corrected chi connectivity index (χ4v) is 2.60. The third-order valence-corrected chi connectivity index (χ3v) is 3.74. The van der Waals surface area contributed by atoms with E-state index in [0.29, 0.717) is 24.6 Å². The summed E-state index contributed by atoms with van der Waals surface area (Å²) in [6.07, 6.45) is 1.92. The van der Waals surface area contributed by atoms with Gasteiger partial charge in [-0.2, -0.15) is 0 Å². The lowest BCUT2D eigenvalue weighted by Gasteiger charge is -2.32. The number of hydrogen-bond donors (Lipinski definition) is 2. The Kier molecular flexibility index (Phi) is 5.44. The molecular formula is C16H24N2O3. The number of anilines is 1. The van der Waals surface area contributed by atoms with E-state index in [9.17, 15) is 9.90 Å². The molecule has 0 spiro atoms. The van der Waals surface area contributed by atoms with Crippen LogP contribution in [0, 0.1) is 12.8 Å². The van der Waals surface area contributed by atoms with E-state index in [1.807, 2.05) is 32.0 Å². The van der Waals surface area contributed by atoms with E-state index >= 15 is 0 Å². The van der Waals surface area contributed by atoms with Gasteiger partial charge in [-0.05, 0) is 50.3 Å². The lowest BCUT2D eigenvalue weighted by Crippen LogP contribution is -2.43. The molecule has 1 aromatic carbocycles. The van der Waals surface area contributed by atoms with Crippen LogP contribution in [0.1, 0.15) is 25.3 Å². The molecule has 5 heteroatoms. The Bertz CT molecular complexity index is 490. The number of aryl methyl sites for hydroxylation is 1. The zero-order valence-corrected chi connectivity index (χ0v) is 12.8. The SMILES string of the molecule is CCOc1cc(C)ccc1NC(=O)N1CCCC(CO)C1. The van der Waals surface area contributed by atoms with E-state index in [-0.39, 0.29) is 18.6 Å². The highest BCUT2D eigenvalue weighted by atomic mass is 16.5. The van der Waals surface area contributed by atoms with Gasteiger partial charge < -0.3 is 20.1 Å². The first-order valence-corrected chi connectivity index (χ1v) is 7.54. The summed E-state index contributed by atoms with van der Waals surface area (Å²) in [6.45, 7) is 5.95. The molecule has 116 valence electrons. The second-order valence-corrected chi connectivity index (χ2v) is 5.50. The minimum absolute atomic E-state index is 0.127. The van der Waals surface area contributed by atoms with Gasteiger partial charge in [-0.1, -0.05) is 6.07 Å². The first-order chi connectivity index (χ1) is 10.1. The van der Waals surface area contributed by atoms with Crippen molar-refractivity contribution in [1.29, 1.82) is 0 Å². The fraction of sp³-hybridized carbons (Fsp3) is 0.562. The van der Waals surface area contributed by atoms with E-state index in [2.05, 4.69) is 5.32 Å². The minimum atomic E-state index is -0.127. The molecule has 0 aliphatic carbocycles. The maximum Gasteiger partial charge on any atom is 0.321 e. The molecule has 21 heavy (non-hydrogen) atoms. The number of hydrogen-bond acceptors (Lipinski definition) is 3. The minimum Gasteiger partial charge on any atom is -0.492 e. The molecule has 5 nitrogen and oxygen atoms in total. The van der Waals surface area contributed by atoms with E-state index in [1.54, 1.807) is 4.90 Å². The van der Waals surface area contributed by atoms with Crippen LogP contribution in [0.5, 0.6) is 5.75 Å². The maximum absolute atomic E-state index is 12.3. The van der Waals surface area contributed by atoms with Crippen molar-refractivity contribution in [3.8, 4) is 5.75 Å². The average molecular weight is 292 g/mol. The molecule has 0 radical (unpaired) electrons. The number of urea groups is 1. The molecule has 1 unspecified atom stereocenters. The van der Waals surface area contributed by atoms with Gasteiger partial charge in [0.1, 0.15) is 5.75 Å². The molecule has 1 aliphatic rings. The molecular weight excluding hydrogens is 268 g/mol. The number of ether oxygens (including phenoxy) is 1. The summed E-state index contributed by atoms with van der Waals surface area (Å²) in [4.78, 5) is 14.1. The number of carbonyl (C=O) groups is 1. The normalized spacial score (nSPS) is 18.4. The predicted molar refractivity (Wildman–Crippen MR) is 82.7 cm³/mol. The molecule has 1 fully saturated rings. The van der Waals surface area contributed by atoms with Crippen molar-refractivity contribution in [3.05, 3.63) is 23.8 Å². The summed E-state index contributed by atoms with van der Waals surface area (Å²) in [6, 6.07) is 5.61. The summed E-state index contributed by atoms with van der Waals surface area (Å²) in [5.74, 6) is 0.885. The number of nitrogens with zero attached hydrogens (tertiary/aromatic N) is 1. The van der Waals surface area contributed by atoms with Crippen molar-refractivity contribution in [2.75, 3.05) is 31.6 Å². The van der Waals surface area contributed by atoms with Crippen LogP contribution in [-0.2, 0) is 0 Å². The number of aliphatic hydroxyl groups excluding tert-OH is 1. The topological polar surface area (TPSA) is 61.8 Å². The van der Waals surface area contributed by atoms with Gasteiger partial charge in [0.2, 0.25) is 0 Å². The molecule has 0 bridgehead atoms. The van der Waals surface area contributed by atoms with E-state index in [0.717, 1.165) is 24.9 Å². The molecule has 0 aromatic heterocycles. The van der Waals surface area contributed by atoms with Crippen LogP contribution in [-0.4, -0.2) is 42.3 Å². The summed E-state index contributed by atoms with van der Waals surface area (Å²) < 4.78 is 5.58. The maximum atomic E-state index is 12.3. The van der Waals surface area contributed by atoms with Gasteiger partial charge in [0.05, 0.1) is 12.3 Å². The summed E-state index contributed by atoms with van der Waals surface area (Å²) in [5, 5.41) is 12.2. The second kappa shape index (κ2) is 7.31. The molecule has 1 aliphatic heterocycles. The largest absolute Gasteiger partial charge is 0.492 e. The molecule has 2 rings (SSSR count). The Morgan fingerprint density at radius 2 is 2.33 bits per heavy atom. The van der Waals surface area contributed by atoms with Gasteiger partial charge in [0.15, 0.2) is 0 Å². The number of nitrogens with one attached hydrogen (secondary N) is 1. The Hall–Kier alpha value is -1.75. The number of piperidine rings is 1. The highest BCUT2D eigenvalue weighted by Gasteiger charge is 2.23. The number of aliphatic hydroxyl groups is 1. The molecule has 1 heterocycles. The van der Waals surface area contributed by atoms with Crippen molar-refractivity contribution in [2.45, 2.75) is 26.7 Å². The van der Waals surface area contributed by atoms with Crippen LogP contribution in [0.3, 0.4) is 0 Å². The molecule has 1 aromatic rings.